The molecule has 114 valence electrons. The Morgan fingerprint density at radius 1 is 1.24 bits per heavy atom. The van der Waals surface area contributed by atoms with Crippen molar-refractivity contribution in [3.8, 4) is 0 Å². The van der Waals surface area contributed by atoms with Gasteiger partial charge in [-0.1, -0.05) is 6.07 Å². The first-order chi connectivity index (χ1) is 10.2. The van der Waals surface area contributed by atoms with Crippen molar-refractivity contribution in [2.45, 2.75) is 38.2 Å². The van der Waals surface area contributed by atoms with Crippen LogP contribution in [0.1, 0.15) is 32.1 Å². The number of benzene rings is 1. The predicted octanol–water partition coefficient (Wildman–Crippen LogP) is 2.53. The summed E-state index contributed by atoms with van der Waals surface area (Å²) < 4.78 is 14.1. The number of nitrogens with one attached hydrogen (secondary N) is 1. The smallest absolute Gasteiger partial charge is 0.230 e. The summed E-state index contributed by atoms with van der Waals surface area (Å²) in [4.78, 5) is 14.4. The number of rotatable bonds is 3. The molecule has 5 heteroatoms. The van der Waals surface area contributed by atoms with Crippen LogP contribution in [-0.2, 0) is 4.79 Å². The minimum Gasteiger partial charge on any atom is -0.392 e. The zero-order valence-electron chi connectivity index (χ0n) is 12.0. The molecule has 2 atom stereocenters. The third-order valence-corrected chi connectivity index (χ3v) is 4.50. The molecule has 1 amide bonds. The number of carbonyl (C=O) groups excluding carboxylic acids is 1. The van der Waals surface area contributed by atoms with Crippen LogP contribution in [0.4, 0.5) is 15.8 Å². The maximum Gasteiger partial charge on any atom is 0.230 e. The summed E-state index contributed by atoms with van der Waals surface area (Å²) in [6.45, 7) is 1.77. The molecule has 2 fully saturated rings. The van der Waals surface area contributed by atoms with Gasteiger partial charge in [0.15, 0.2) is 0 Å². The fourth-order valence-corrected chi connectivity index (χ4v) is 3.32. The van der Waals surface area contributed by atoms with Crippen molar-refractivity contribution >= 4 is 17.3 Å². The molecule has 0 spiro atoms. The molecular weight excluding hydrogens is 271 g/mol. The topological polar surface area (TPSA) is 52.6 Å². The SMILES string of the molecule is O=C(Nc1c(F)cccc1N1CCCC1)C1CCCC1O. The molecule has 0 bridgehead atoms. The lowest BCUT2D eigenvalue weighted by molar-refractivity contribution is -0.122. The number of aliphatic hydroxyl groups excluding tert-OH is 1. The summed E-state index contributed by atoms with van der Waals surface area (Å²) in [6, 6.07) is 4.87. The maximum atomic E-state index is 14.1. The average molecular weight is 292 g/mol. The Bertz CT molecular complexity index is 529. The molecule has 1 heterocycles. The molecule has 1 aromatic rings. The molecule has 1 aromatic carbocycles. The van der Waals surface area contributed by atoms with Gasteiger partial charge in [-0.15, -0.1) is 0 Å². The van der Waals surface area contributed by atoms with Gasteiger partial charge in [0.05, 0.1) is 17.7 Å². The maximum absolute atomic E-state index is 14.1. The lowest BCUT2D eigenvalue weighted by Crippen LogP contribution is -2.30. The molecule has 1 aliphatic heterocycles. The summed E-state index contributed by atoms with van der Waals surface area (Å²) in [5.74, 6) is -1.11. The molecule has 1 saturated carbocycles. The van der Waals surface area contributed by atoms with Crippen LogP contribution in [0.3, 0.4) is 0 Å². The molecule has 2 unspecified atom stereocenters. The van der Waals surface area contributed by atoms with Crippen molar-refractivity contribution in [1.29, 1.82) is 0 Å². The van der Waals surface area contributed by atoms with E-state index in [4.69, 9.17) is 0 Å². The van der Waals surface area contributed by atoms with E-state index < -0.39 is 17.8 Å². The lowest BCUT2D eigenvalue weighted by atomic mass is 10.0. The number of amides is 1. The highest BCUT2D eigenvalue weighted by molar-refractivity contribution is 5.96. The van der Waals surface area contributed by atoms with E-state index in [-0.39, 0.29) is 11.6 Å². The number of hydrogen-bond acceptors (Lipinski definition) is 3. The van der Waals surface area contributed by atoms with Gasteiger partial charge in [-0.3, -0.25) is 4.79 Å². The van der Waals surface area contributed by atoms with Gasteiger partial charge in [0.1, 0.15) is 11.5 Å². The fraction of sp³-hybridized carbons (Fsp3) is 0.562. The van der Waals surface area contributed by atoms with Crippen LogP contribution in [0.15, 0.2) is 18.2 Å². The van der Waals surface area contributed by atoms with Crippen LogP contribution in [0.2, 0.25) is 0 Å². The molecule has 3 rings (SSSR count). The van der Waals surface area contributed by atoms with Crippen LogP contribution < -0.4 is 10.2 Å². The van der Waals surface area contributed by atoms with Crippen LogP contribution in [0.25, 0.3) is 0 Å². The van der Waals surface area contributed by atoms with Crippen LogP contribution in [0.5, 0.6) is 0 Å². The van der Waals surface area contributed by atoms with Gasteiger partial charge < -0.3 is 15.3 Å². The van der Waals surface area contributed by atoms with Crippen molar-refractivity contribution < 1.29 is 14.3 Å². The summed E-state index contributed by atoms with van der Waals surface area (Å²) in [6.07, 6.45) is 3.73. The Kier molecular flexibility index (Phi) is 4.10. The highest BCUT2D eigenvalue weighted by atomic mass is 19.1. The van der Waals surface area contributed by atoms with Gasteiger partial charge in [-0.2, -0.15) is 0 Å². The second-order valence-electron chi connectivity index (χ2n) is 5.92. The number of aliphatic hydroxyl groups is 1. The third kappa shape index (κ3) is 2.88. The number of anilines is 2. The number of hydrogen-bond donors (Lipinski definition) is 2. The quantitative estimate of drug-likeness (QED) is 0.900. The van der Waals surface area contributed by atoms with Crippen molar-refractivity contribution in [2.75, 3.05) is 23.3 Å². The van der Waals surface area contributed by atoms with Gasteiger partial charge in [0, 0.05) is 13.1 Å². The normalized spacial score (nSPS) is 25.3. The van der Waals surface area contributed by atoms with E-state index in [0.717, 1.165) is 38.0 Å². The van der Waals surface area contributed by atoms with E-state index in [1.54, 1.807) is 6.07 Å². The lowest BCUT2D eigenvalue weighted by Gasteiger charge is -2.23. The Hall–Kier alpha value is -1.62. The van der Waals surface area contributed by atoms with Crippen LogP contribution in [-0.4, -0.2) is 30.2 Å². The van der Waals surface area contributed by atoms with Gasteiger partial charge in [0.2, 0.25) is 5.91 Å². The Morgan fingerprint density at radius 2 is 2.00 bits per heavy atom. The van der Waals surface area contributed by atoms with E-state index in [1.807, 2.05) is 6.07 Å². The minimum atomic E-state index is -0.605. The fourth-order valence-electron chi connectivity index (χ4n) is 3.32. The zero-order valence-corrected chi connectivity index (χ0v) is 12.0. The molecule has 0 aromatic heterocycles. The first kappa shape index (κ1) is 14.3. The molecule has 0 radical (unpaired) electrons. The van der Waals surface area contributed by atoms with Crippen LogP contribution >= 0.6 is 0 Å². The third-order valence-electron chi connectivity index (χ3n) is 4.50. The van der Waals surface area contributed by atoms with Gasteiger partial charge in [-0.05, 0) is 44.2 Å². The summed E-state index contributed by atoms with van der Waals surface area (Å²) in [7, 11) is 0. The standard InChI is InChI=1S/C16H21FN2O2/c17-12-6-4-7-13(19-9-1-2-10-19)15(12)18-16(21)11-5-3-8-14(11)20/h4,6-7,11,14,20H,1-3,5,8-10H2,(H,18,21). The Morgan fingerprint density at radius 3 is 2.67 bits per heavy atom. The van der Waals surface area contributed by atoms with E-state index >= 15 is 0 Å². The summed E-state index contributed by atoms with van der Waals surface area (Å²) in [5, 5.41) is 12.5. The van der Waals surface area contributed by atoms with Gasteiger partial charge in [0.25, 0.3) is 0 Å². The van der Waals surface area contributed by atoms with Crippen LogP contribution in [0, 0.1) is 11.7 Å². The number of halogens is 1. The molecule has 1 aliphatic carbocycles. The molecule has 2 aliphatic rings. The number of carbonyl (C=O) groups is 1. The predicted molar refractivity (Wildman–Crippen MR) is 79.8 cm³/mol. The van der Waals surface area contributed by atoms with E-state index in [1.165, 1.54) is 6.07 Å². The molecular formula is C16H21FN2O2. The summed E-state index contributed by atoms with van der Waals surface area (Å²) in [5.41, 5.74) is 0.997. The highest BCUT2D eigenvalue weighted by Gasteiger charge is 2.32. The zero-order chi connectivity index (χ0) is 14.8. The largest absolute Gasteiger partial charge is 0.392 e. The van der Waals surface area contributed by atoms with E-state index in [2.05, 4.69) is 10.2 Å². The van der Waals surface area contributed by atoms with Crippen molar-refractivity contribution in [1.82, 2.24) is 0 Å². The summed E-state index contributed by atoms with van der Waals surface area (Å²) >= 11 is 0. The van der Waals surface area contributed by atoms with Crippen molar-refractivity contribution in [2.24, 2.45) is 5.92 Å². The van der Waals surface area contributed by atoms with Crippen molar-refractivity contribution in [3.05, 3.63) is 24.0 Å². The monoisotopic (exact) mass is 292 g/mol. The van der Waals surface area contributed by atoms with Crippen molar-refractivity contribution in [3.63, 3.8) is 0 Å². The Labute approximate surface area is 124 Å². The molecule has 4 nitrogen and oxygen atoms in total. The Balaban J connectivity index is 1.82. The molecule has 21 heavy (non-hydrogen) atoms. The first-order valence-electron chi connectivity index (χ1n) is 7.69. The van der Waals surface area contributed by atoms with Gasteiger partial charge in [-0.25, -0.2) is 4.39 Å². The average Bonchev–Trinajstić information content (AvgIpc) is 3.12. The van der Waals surface area contributed by atoms with Gasteiger partial charge >= 0.3 is 0 Å². The molecule has 2 N–H and O–H groups in total. The highest BCUT2D eigenvalue weighted by Crippen LogP contribution is 2.33. The number of nitrogens with zero attached hydrogens (tertiary/aromatic N) is 1. The molecule has 1 saturated heterocycles. The number of para-hydroxylation sites is 1. The van der Waals surface area contributed by atoms with E-state index in [9.17, 15) is 14.3 Å². The minimum absolute atomic E-state index is 0.253. The second-order valence-corrected chi connectivity index (χ2v) is 5.92. The van der Waals surface area contributed by atoms with E-state index in [0.29, 0.717) is 12.8 Å². The first-order valence-corrected chi connectivity index (χ1v) is 7.69. The second kappa shape index (κ2) is 6.02.